The van der Waals surface area contributed by atoms with Gasteiger partial charge in [0.25, 0.3) is 0 Å². The van der Waals surface area contributed by atoms with E-state index in [2.05, 4.69) is 22.2 Å². The molecule has 0 bridgehead atoms. The van der Waals surface area contributed by atoms with Crippen molar-refractivity contribution in [3.8, 4) is 0 Å². The topological polar surface area (TPSA) is 33.1 Å². The van der Waals surface area contributed by atoms with Gasteiger partial charge < -0.3 is 10.2 Å². The third-order valence-electron chi connectivity index (χ3n) is 3.80. The number of hydrogen-bond donors (Lipinski definition) is 1. The molecule has 0 radical (unpaired) electrons. The zero-order chi connectivity index (χ0) is 13.1. The van der Waals surface area contributed by atoms with Gasteiger partial charge in [0.2, 0.25) is 0 Å². The van der Waals surface area contributed by atoms with Crippen LogP contribution < -0.4 is 5.32 Å². The van der Waals surface area contributed by atoms with Gasteiger partial charge in [-0.25, -0.2) is 0 Å². The SMILES string of the molecule is CCN1CCC(CNCc2c(Cl)c(C)nn2C)C1. The minimum atomic E-state index is 0.776. The maximum atomic E-state index is 6.22. The quantitative estimate of drug-likeness (QED) is 0.886. The molecule has 102 valence electrons. The van der Waals surface area contributed by atoms with E-state index in [1.54, 1.807) is 0 Å². The van der Waals surface area contributed by atoms with Gasteiger partial charge in [-0.2, -0.15) is 5.10 Å². The number of halogens is 1. The maximum Gasteiger partial charge on any atom is 0.0860 e. The highest BCUT2D eigenvalue weighted by molar-refractivity contribution is 6.31. The molecule has 2 heterocycles. The standard InChI is InChI=1S/C13H23ClN4/c1-4-18-6-5-11(9-18)7-15-8-12-13(14)10(2)16-17(12)3/h11,15H,4-9H2,1-3H3. The van der Waals surface area contributed by atoms with Crippen LogP contribution >= 0.6 is 11.6 Å². The molecule has 1 N–H and O–H groups in total. The Morgan fingerprint density at radius 2 is 2.28 bits per heavy atom. The molecule has 1 aliphatic rings. The summed E-state index contributed by atoms with van der Waals surface area (Å²) >= 11 is 6.22. The molecule has 1 aromatic heterocycles. The monoisotopic (exact) mass is 270 g/mol. The zero-order valence-electron chi connectivity index (χ0n) is 11.5. The van der Waals surface area contributed by atoms with E-state index in [4.69, 9.17) is 11.6 Å². The van der Waals surface area contributed by atoms with Crippen molar-refractivity contribution in [2.45, 2.75) is 26.8 Å². The molecular formula is C13H23ClN4. The van der Waals surface area contributed by atoms with Gasteiger partial charge in [-0.05, 0) is 38.9 Å². The number of aryl methyl sites for hydroxylation is 2. The Labute approximate surface area is 114 Å². The lowest BCUT2D eigenvalue weighted by Crippen LogP contribution is -2.26. The molecule has 4 nitrogen and oxygen atoms in total. The first-order valence-electron chi connectivity index (χ1n) is 6.72. The first-order valence-corrected chi connectivity index (χ1v) is 7.10. The molecule has 18 heavy (non-hydrogen) atoms. The predicted molar refractivity (Wildman–Crippen MR) is 74.9 cm³/mol. The van der Waals surface area contributed by atoms with Crippen LogP contribution in [0.4, 0.5) is 0 Å². The van der Waals surface area contributed by atoms with Gasteiger partial charge in [0.1, 0.15) is 0 Å². The second-order valence-corrected chi connectivity index (χ2v) is 5.53. The second kappa shape index (κ2) is 6.04. The summed E-state index contributed by atoms with van der Waals surface area (Å²) in [5.74, 6) is 0.776. The van der Waals surface area contributed by atoms with Crippen LogP contribution in [0.1, 0.15) is 24.7 Å². The highest BCUT2D eigenvalue weighted by atomic mass is 35.5. The molecule has 1 atom stereocenters. The van der Waals surface area contributed by atoms with Crippen molar-refractivity contribution in [3.05, 3.63) is 16.4 Å². The molecule has 1 aliphatic heterocycles. The van der Waals surface area contributed by atoms with Gasteiger partial charge in [0.05, 0.1) is 16.4 Å². The molecular weight excluding hydrogens is 248 g/mol. The summed E-state index contributed by atoms with van der Waals surface area (Å²) in [5, 5.41) is 8.63. The van der Waals surface area contributed by atoms with Crippen molar-refractivity contribution in [1.29, 1.82) is 0 Å². The van der Waals surface area contributed by atoms with E-state index < -0.39 is 0 Å². The Balaban J connectivity index is 1.79. The third kappa shape index (κ3) is 3.05. The van der Waals surface area contributed by atoms with Gasteiger partial charge in [-0.3, -0.25) is 4.68 Å². The zero-order valence-corrected chi connectivity index (χ0v) is 12.3. The number of nitrogens with one attached hydrogen (secondary N) is 1. The van der Waals surface area contributed by atoms with Crippen molar-refractivity contribution in [1.82, 2.24) is 20.0 Å². The van der Waals surface area contributed by atoms with E-state index in [9.17, 15) is 0 Å². The molecule has 1 unspecified atom stereocenters. The Kier molecular flexibility index (Phi) is 4.65. The average Bonchev–Trinajstić information content (AvgIpc) is 2.89. The first-order chi connectivity index (χ1) is 8.61. The van der Waals surface area contributed by atoms with Crippen LogP contribution in [0.25, 0.3) is 0 Å². The van der Waals surface area contributed by atoms with E-state index in [0.717, 1.165) is 35.4 Å². The summed E-state index contributed by atoms with van der Waals surface area (Å²) in [4.78, 5) is 2.51. The fourth-order valence-corrected chi connectivity index (χ4v) is 2.86. The molecule has 0 saturated carbocycles. The number of hydrogen-bond acceptors (Lipinski definition) is 3. The summed E-state index contributed by atoms with van der Waals surface area (Å²) in [7, 11) is 1.95. The summed E-state index contributed by atoms with van der Waals surface area (Å²) in [6.45, 7) is 9.69. The number of rotatable bonds is 5. The van der Waals surface area contributed by atoms with E-state index >= 15 is 0 Å². The minimum Gasteiger partial charge on any atom is -0.311 e. The Bertz CT molecular complexity index is 402. The molecule has 0 spiro atoms. The summed E-state index contributed by atoms with van der Waals surface area (Å²) in [5.41, 5.74) is 1.99. The van der Waals surface area contributed by atoms with Crippen molar-refractivity contribution < 1.29 is 0 Å². The highest BCUT2D eigenvalue weighted by Crippen LogP contribution is 2.19. The lowest BCUT2D eigenvalue weighted by molar-refractivity contribution is 0.338. The minimum absolute atomic E-state index is 0.776. The average molecular weight is 271 g/mol. The smallest absolute Gasteiger partial charge is 0.0860 e. The van der Waals surface area contributed by atoms with Gasteiger partial charge >= 0.3 is 0 Å². The lowest BCUT2D eigenvalue weighted by Gasteiger charge is -2.13. The van der Waals surface area contributed by atoms with Crippen molar-refractivity contribution in [3.63, 3.8) is 0 Å². The first kappa shape index (κ1) is 13.8. The second-order valence-electron chi connectivity index (χ2n) is 5.15. The molecule has 0 aliphatic carbocycles. The van der Waals surface area contributed by atoms with Gasteiger partial charge in [-0.1, -0.05) is 18.5 Å². The Morgan fingerprint density at radius 1 is 1.50 bits per heavy atom. The van der Waals surface area contributed by atoms with Crippen LogP contribution in [-0.2, 0) is 13.6 Å². The van der Waals surface area contributed by atoms with Crippen LogP contribution in [0.3, 0.4) is 0 Å². The summed E-state index contributed by atoms with van der Waals surface area (Å²) in [6, 6.07) is 0. The normalized spacial score (nSPS) is 20.8. The highest BCUT2D eigenvalue weighted by Gasteiger charge is 2.20. The largest absolute Gasteiger partial charge is 0.311 e. The molecule has 5 heteroatoms. The fraction of sp³-hybridized carbons (Fsp3) is 0.769. The molecule has 2 rings (SSSR count). The predicted octanol–water partition coefficient (Wildman–Crippen LogP) is 1.81. The Morgan fingerprint density at radius 3 is 2.83 bits per heavy atom. The molecule has 0 amide bonds. The molecule has 1 aromatic rings. The third-order valence-corrected chi connectivity index (χ3v) is 4.30. The van der Waals surface area contributed by atoms with Crippen LogP contribution in [0.5, 0.6) is 0 Å². The number of aromatic nitrogens is 2. The maximum absolute atomic E-state index is 6.22. The Hall–Kier alpha value is -0.580. The summed E-state index contributed by atoms with van der Waals surface area (Å²) in [6.07, 6.45) is 1.30. The summed E-state index contributed by atoms with van der Waals surface area (Å²) < 4.78 is 1.87. The number of nitrogens with zero attached hydrogens (tertiary/aromatic N) is 3. The van der Waals surface area contributed by atoms with Crippen molar-refractivity contribution in [2.75, 3.05) is 26.2 Å². The fourth-order valence-electron chi connectivity index (χ4n) is 2.63. The van der Waals surface area contributed by atoms with Gasteiger partial charge in [0.15, 0.2) is 0 Å². The molecule has 0 aromatic carbocycles. The lowest BCUT2D eigenvalue weighted by atomic mass is 10.1. The van der Waals surface area contributed by atoms with Crippen LogP contribution in [0, 0.1) is 12.8 Å². The molecule has 1 saturated heterocycles. The van der Waals surface area contributed by atoms with E-state index in [-0.39, 0.29) is 0 Å². The van der Waals surface area contributed by atoms with Crippen LogP contribution in [-0.4, -0.2) is 40.9 Å². The van der Waals surface area contributed by atoms with Gasteiger partial charge in [-0.15, -0.1) is 0 Å². The number of likely N-dealkylation sites (tertiary alicyclic amines) is 1. The van der Waals surface area contributed by atoms with Gasteiger partial charge in [0, 0.05) is 20.1 Å². The van der Waals surface area contributed by atoms with E-state index in [1.807, 2.05) is 18.7 Å². The molecule has 1 fully saturated rings. The van der Waals surface area contributed by atoms with Crippen LogP contribution in [0.15, 0.2) is 0 Å². The van der Waals surface area contributed by atoms with Crippen LogP contribution in [0.2, 0.25) is 5.02 Å². The van der Waals surface area contributed by atoms with E-state index in [0.29, 0.717) is 0 Å². The van der Waals surface area contributed by atoms with Crippen molar-refractivity contribution >= 4 is 11.6 Å². The van der Waals surface area contributed by atoms with E-state index in [1.165, 1.54) is 26.1 Å². The van der Waals surface area contributed by atoms with Crippen molar-refractivity contribution in [2.24, 2.45) is 13.0 Å².